The fourth-order valence-corrected chi connectivity index (χ4v) is 2.28. The second-order valence-corrected chi connectivity index (χ2v) is 6.50. The largest absolute Gasteiger partial charge is 0.356 e. The molecule has 21 heavy (non-hydrogen) atoms. The third-order valence-corrected chi connectivity index (χ3v) is 3.81. The Morgan fingerprint density at radius 3 is 2.38 bits per heavy atom. The van der Waals surface area contributed by atoms with E-state index < -0.39 is 5.54 Å². The molecular weight excluding hydrogens is 268 g/mol. The van der Waals surface area contributed by atoms with Crippen LogP contribution in [-0.2, 0) is 9.59 Å². The van der Waals surface area contributed by atoms with Gasteiger partial charge in [0.1, 0.15) is 0 Å². The van der Waals surface area contributed by atoms with Gasteiger partial charge in [-0.1, -0.05) is 13.8 Å². The summed E-state index contributed by atoms with van der Waals surface area (Å²) >= 11 is 0. The molecule has 0 aliphatic carbocycles. The van der Waals surface area contributed by atoms with Gasteiger partial charge in [0.25, 0.3) is 0 Å². The second-order valence-electron chi connectivity index (χ2n) is 6.50. The molecule has 0 unspecified atom stereocenters. The normalized spacial score (nSPS) is 16.8. The molecule has 1 fully saturated rings. The minimum Gasteiger partial charge on any atom is -0.356 e. The number of nitrogens with one attached hydrogen (secondary N) is 3. The molecule has 3 N–H and O–H groups in total. The number of piperazine rings is 1. The van der Waals surface area contributed by atoms with Gasteiger partial charge in [-0.2, -0.15) is 0 Å². The first kappa shape index (κ1) is 17.9. The molecule has 0 aromatic heterocycles. The Morgan fingerprint density at radius 2 is 1.81 bits per heavy atom. The van der Waals surface area contributed by atoms with Crippen molar-refractivity contribution in [2.45, 2.75) is 39.7 Å². The lowest BCUT2D eigenvalue weighted by atomic mass is 10.0. The highest BCUT2D eigenvalue weighted by atomic mass is 16.2. The molecule has 0 spiro atoms. The van der Waals surface area contributed by atoms with Gasteiger partial charge in [-0.05, 0) is 19.8 Å². The zero-order valence-corrected chi connectivity index (χ0v) is 13.8. The Labute approximate surface area is 128 Å². The first-order valence-corrected chi connectivity index (χ1v) is 7.85. The highest BCUT2D eigenvalue weighted by Gasteiger charge is 2.34. The molecule has 0 saturated carbocycles. The standard InChI is InChI=1S/C15H30N4O2/c1-12(2)11-18-13(20)5-6-17-14(21)15(3,4)19-9-7-16-8-10-19/h12,16H,5-11H2,1-4H3,(H,17,21)(H,18,20). The van der Waals surface area contributed by atoms with Crippen LogP contribution in [0.1, 0.15) is 34.1 Å². The van der Waals surface area contributed by atoms with Crippen LogP contribution in [0.15, 0.2) is 0 Å². The predicted molar refractivity (Wildman–Crippen MR) is 84.0 cm³/mol. The van der Waals surface area contributed by atoms with Crippen LogP contribution in [0, 0.1) is 5.92 Å². The molecule has 6 nitrogen and oxygen atoms in total. The quantitative estimate of drug-likeness (QED) is 0.616. The molecule has 0 aromatic rings. The Kier molecular flexibility index (Phi) is 7.11. The lowest BCUT2D eigenvalue weighted by Gasteiger charge is -2.39. The maximum absolute atomic E-state index is 12.3. The highest BCUT2D eigenvalue weighted by molar-refractivity contribution is 5.86. The lowest BCUT2D eigenvalue weighted by molar-refractivity contribution is -0.132. The van der Waals surface area contributed by atoms with Crippen LogP contribution in [0.3, 0.4) is 0 Å². The van der Waals surface area contributed by atoms with E-state index in [1.807, 2.05) is 13.8 Å². The van der Waals surface area contributed by atoms with E-state index in [0.29, 0.717) is 25.4 Å². The summed E-state index contributed by atoms with van der Waals surface area (Å²) in [4.78, 5) is 26.1. The minimum atomic E-state index is -0.531. The molecular formula is C15H30N4O2. The van der Waals surface area contributed by atoms with Crippen LogP contribution < -0.4 is 16.0 Å². The third kappa shape index (κ3) is 6.01. The van der Waals surface area contributed by atoms with Gasteiger partial charge in [0.2, 0.25) is 11.8 Å². The zero-order chi connectivity index (χ0) is 15.9. The molecule has 1 aliphatic heterocycles. The van der Waals surface area contributed by atoms with Crippen molar-refractivity contribution in [2.24, 2.45) is 5.92 Å². The van der Waals surface area contributed by atoms with Crippen LogP contribution in [-0.4, -0.2) is 61.5 Å². The minimum absolute atomic E-state index is 0.0102. The van der Waals surface area contributed by atoms with Crippen LogP contribution in [0.4, 0.5) is 0 Å². The van der Waals surface area contributed by atoms with Gasteiger partial charge in [0.05, 0.1) is 5.54 Å². The Morgan fingerprint density at radius 1 is 1.19 bits per heavy atom. The Hall–Kier alpha value is -1.14. The molecule has 1 aliphatic rings. The van der Waals surface area contributed by atoms with E-state index in [9.17, 15) is 9.59 Å². The summed E-state index contributed by atoms with van der Waals surface area (Å²) in [5.41, 5.74) is -0.531. The van der Waals surface area contributed by atoms with Crippen LogP contribution in [0.2, 0.25) is 0 Å². The van der Waals surface area contributed by atoms with Crippen molar-refractivity contribution in [1.82, 2.24) is 20.9 Å². The monoisotopic (exact) mass is 298 g/mol. The molecule has 0 radical (unpaired) electrons. The molecule has 0 aromatic carbocycles. The zero-order valence-electron chi connectivity index (χ0n) is 13.8. The van der Waals surface area contributed by atoms with Crippen molar-refractivity contribution in [3.63, 3.8) is 0 Å². The molecule has 6 heteroatoms. The van der Waals surface area contributed by atoms with E-state index >= 15 is 0 Å². The highest BCUT2D eigenvalue weighted by Crippen LogP contribution is 2.15. The van der Waals surface area contributed by atoms with Crippen molar-refractivity contribution >= 4 is 11.8 Å². The van der Waals surface area contributed by atoms with E-state index in [1.54, 1.807) is 0 Å². The molecule has 1 rings (SSSR count). The molecule has 0 bridgehead atoms. The van der Waals surface area contributed by atoms with Gasteiger partial charge in [-0.25, -0.2) is 0 Å². The van der Waals surface area contributed by atoms with Crippen LogP contribution >= 0.6 is 0 Å². The van der Waals surface area contributed by atoms with E-state index in [4.69, 9.17) is 0 Å². The maximum Gasteiger partial charge on any atom is 0.239 e. The average Bonchev–Trinajstić information content (AvgIpc) is 2.45. The van der Waals surface area contributed by atoms with E-state index in [0.717, 1.165) is 26.2 Å². The number of hydrogen-bond donors (Lipinski definition) is 3. The van der Waals surface area contributed by atoms with Gasteiger partial charge < -0.3 is 16.0 Å². The summed E-state index contributed by atoms with van der Waals surface area (Å²) in [6.07, 6.45) is 0.329. The molecule has 0 atom stereocenters. The van der Waals surface area contributed by atoms with E-state index in [1.165, 1.54) is 0 Å². The summed E-state index contributed by atoms with van der Waals surface area (Å²) in [5, 5.41) is 9.01. The number of amides is 2. The van der Waals surface area contributed by atoms with Gasteiger partial charge in [0.15, 0.2) is 0 Å². The number of carbonyl (C=O) groups is 2. The number of hydrogen-bond acceptors (Lipinski definition) is 4. The Bertz CT molecular complexity index is 350. The van der Waals surface area contributed by atoms with Crippen LogP contribution in [0.25, 0.3) is 0 Å². The number of carbonyl (C=O) groups excluding carboxylic acids is 2. The summed E-state index contributed by atoms with van der Waals surface area (Å²) < 4.78 is 0. The molecule has 1 heterocycles. The van der Waals surface area contributed by atoms with Gasteiger partial charge >= 0.3 is 0 Å². The number of nitrogens with zero attached hydrogens (tertiary/aromatic N) is 1. The lowest BCUT2D eigenvalue weighted by Crippen LogP contribution is -2.60. The van der Waals surface area contributed by atoms with Gasteiger partial charge in [-0.3, -0.25) is 14.5 Å². The van der Waals surface area contributed by atoms with E-state index in [2.05, 4.69) is 34.7 Å². The maximum atomic E-state index is 12.3. The predicted octanol–water partition coefficient (Wildman–Crippen LogP) is -0.0513. The average molecular weight is 298 g/mol. The number of rotatable bonds is 7. The molecule has 2 amide bonds. The summed E-state index contributed by atoms with van der Waals surface area (Å²) in [5.74, 6) is 0.417. The Balaban J connectivity index is 2.30. The summed E-state index contributed by atoms with van der Waals surface area (Å²) in [6.45, 7) is 12.6. The van der Waals surface area contributed by atoms with Crippen molar-refractivity contribution in [3.05, 3.63) is 0 Å². The summed E-state index contributed by atoms with van der Waals surface area (Å²) in [7, 11) is 0. The van der Waals surface area contributed by atoms with Crippen LogP contribution in [0.5, 0.6) is 0 Å². The fourth-order valence-electron chi connectivity index (χ4n) is 2.28. The topological polar surface area (TPSA) is 73.5 Å². The third-order valence-electron chi connectivity index (χ3n) is 3.81. The first-order valence-electron chi connectivity index (χ1n) is 7.85. The van der Waals surface area contributed by atoms with Crippen molar-refractivity contribution in [3.8, 4) is 0 Å². The second kappa shape index (κ2) is 8.34. The molecule has 122 valence electrons. The van der Waals surface area contributed by atoms with E-state index in [-0.39, 0.29) is 11.8 Å². The molecule has 1 saturated heterocycles. The SMILES string of the molecule is CC(C)CNC(=O)CCNC(=O)C(C)(C)N1CCNCC1. The smallest absolute Gasteiger partial charge is 0.239 e. The van der Waals surface area contributed by atoms with Gasteiger partial charge in [-0.15, -0.1) is 0 Å². The van der Waals surface area contributed by atoms with Crippen molar-refractivity contribution < 1.29 is 9.59 Å². The fraction of sp³-hybridized carbons (Fsp3) is 0.867. The van der Waals surface area contributed by atoms with Gasteiger partial charge in [0, 0.05) is 45.7 Å². The first-order chi connectivity index (χ1) is 9.84. The van der Waals surface area contributed by atoms with Crippen molar-refractivity contribution in [2.75, 3.05) is 39.3 Å². The van der Waals surface area contributed by atoms with Crippen molar-refractivity contribution in [1.29, 1.82) is 0 Å². The summed E-state index contributed by atoms with van der Waals surface area (Å²) in [6, 6.07) is 0.